The summed E-state index contributed by atoms with van der Waals surface area (Å²) >= 11 is 11.4. The standard InChI is InChI=1S/C11H7Cl2NO2/c12-5-2-6-14-9-7(10(15)11(14)16)3-1-4-8(9)13/h1-5H,6H2/b5-2+. The Hall–Kier alpha value is -1.32. The van der Waals surface area contributed by atoms with Gasteiger partial charge in [0.05, 0.1) is 16.3 Å². The van der Waals surface area contributed by atoms with Gasteiger partial charge >= 0.3 is 0 Å². The Balaban J connectivity index is 2.51. The maximum Gasteiger partial charge on any atom is 0.299 e. The SMILES string of the molecule is O=C1C(=O)N(C/C=C/Cl)c2c(Cl)cccc21. The van der Waals surface area contributed by atoms with Crippen molar-refractivity contribution in [3.63, 3.8) is 0 Å². The molecule has 1 aliphatic rings. The number of carbonyl (C=O) groups is 2. The molecule has 1 amide bonds. The van der Waals surface area contributed by atoms with Crippen LogP contribution >= 0.6 is 23.2 Å². The number of rotatable bonds is 2. The van der Waals surface area contributed by atoms with E-state index in [9.17, 15) is 9.59 Å². The lowest BCUT2D eigenvalue weighted by molar-refractivity contribution is -0.114. The van der Waals surface area contributed by atoms with Crippen molar-refractivity contribution in [1.82, 2.24) is 0 Å². The zero-order valence-electron chi connectivity index (χ0n) is 8.11. The molecule has 3 nitrogen and oxygen atoms in total. The number of para-hydroxylation sites is 1. The molecule has 0 N–H and O–H groups in total. The summed E-state index contributed by atoms with van der Waals surface area (Å²) in [5.41, 5.74) is 2.11. The zero-order chi connectivity index (χ0) is 11.7. The normalized spacial score (nSPS) is 15.0. The Kier molecular flexibility index (Phi) is 2.99. The Labute approximate surface area is 102 Å². The smallest absolute Gasteiger partial charge is 0.299 e. The van der Waals surface area contributed by atoms with Gasteiger partial charge in [0.25, 0.3) is 11.7 Å². The third-order valence-corrected chi connectivity index (χ3v) is 2.80. The molecule has 1 aromatic carbocycles. The van der Waals surface area contributed by atoms with E-state index in [2.05, 4.69) is 0 Å². The highest BCUT2D eigenvalue weighted by Gasteiger charge is 2.36. The minimum atomic E-state index is -0.571. The van der Waals surface area contributed by atoms with Crippen LogP contribution in [0.3, 0.4) is 0 Å². The number of benzene rings is 1. The highest BCUT2D eigenvalue weighted by Crippen LogP contribution is 2.35. The molecule has 0 fully saturated rings. The number of hydrogen-bond donors (Lipinski definition) is 0. The van der Waals surface area contributed by atoms with Crippen LogP contribution in [0, 0.1) is 0 Å². The van der Waals surface area contributed by atoms with Crippen molar-refractivity contribution >= 4 is 40.6 Å². The number of anilines is 1. The molecule has 0 bridgehead atoms. The Bertz CT molecular complexity index is 497. The van der Waals surface area contributed by atoms with E-state index < -0.39 is 11.7 Å². The highest BCUT2D eigenvalue weighted by molar-refractivity contribution is 6.54. The van der Waals surface area contributed by atoms with Gasteiger partial charge in [-0.2, -0.15) is 0 Å². The van der Waals surface area contributed by atoms with Gasteiger partial charge in [-0.3, -0.25) is 14.5 Å². The molecule has 16 heavy (non-hydrogen) atoms. The first kappa shape index (κ1) is 11.2. The average Bonchev–Trinajstić information content (AvgIpc) is 2.52. The second kappa shape index (κ2) is 4.28. The molecule has 0 aromatic heterocycles. The predicted octanol–water partition coefficient (Wildman–Crippen LogP) is 2.62. The summed E-state index contributed by atoms with van der Waals surface area (Å²) in [7, 11) is 0. The van der Waals surface area contributed by atoms with Crippen molar-refractivity contribution in [1.29, 1.82) is 0 Å². The summed E-state index contributed by atoms with van der Waals surface area (Å²) in [6, 6.07) is 4.88. The quantitative estimate of drug-likeness (QED) is 0.763. The van der Waals surface area contributed by atoms with Crippen LogP contribution in [-0.4, -0.2) is 18.2 Å². The van der Waals surface area contributed by atoms with Crippen molar-refractivity contribution in [3.05, 3.63) is 40.4 Å². The average molecular weight is 256 g/mol. The van der Waals surface area contributed by atoms with E-state index in [-0.39, 0.29) is 6.54 Å². The van der Waals surface area contributed by atoms with Crippen molar-refractivity contribution in [2.45, 2.75) is 0 Å². The summed E-state index contributed by atoms with van der Waals surface area (Å²) in [5, 5.41) is 0.389. The molecular formula is C11H7Cl2NO2. The lowest BCUT2D eigenvalue weighted by atomic mass is 10.1. The van der Waals surface area contributed by atoms with Gasteiger partial charge in [-0.25, -0.2) is 0 Å². The molecule has 1 heterocycles. The monoisotopic (exact) mass is 255 g/mol. The molecule has 5 heteroatoms. The molecular weight excluding hydrogens is 249 g/mol. The van der Waals surface area contributed by atoms with E-state index in [1.54, 1.807) is 24.3 Å². The maximum atomic E-state index is 11.7. The van der Waals surface area contributed by atoms with Crippen LogP contribution in [0.4, 0.5) is 5.69 Å². The third-order valence-electron chi connectivity index (χ3n) is 2.32. The predicted molar refractivity (Wildman–Crippen MR) is 63.1 cm³/mol. The molecule has 1 aliphatic heterocycles. The minimum absolute atomic E-state index is 0.241. The number of ketones is 1. The van der Waals surface area contributed by atoms with E-state index in [1.807, 2.05) is 0 Å². The fourth-order valence-corrected chi connectivity index (χ4v) is 1.99. The van der Waals surface area contributed by atoms with Gasteiger partial charge in [-0.15, -0.1) is 0 Å². The first-order valence-electron chi connectivity index (χ1n) is 4.56. The fourth-order valence-electron chi connectivity index (χ4n) is 1.63. The number of fused-ring (bicyclic) bond motifs is 1. The van der Waals surface area contributed by atoms with E-state index in [1.165, 1.54) is 10.4 Å². The first-order chi connectivity index (χ1) is 7.66. The van der Waals surface area contributed by atoms with Crippen molar-refractivity contribution in [2.75, 3.05) is 11.4 Å². The summed E-state index contributed by atoms with van der Waals surface area (Å²) < 4.78 is 0. The molecule has 0 atom stereocenters. The highest BCUT2D eigenvalue weighted by atomic mass is 35.5. The molecule has 82 valence electrons. The van der Waals surface area contributed by atoms with E-state index in [0.29, 0.717) is 16.3 Å². The van der Waals surface area contributed by atoms with E-state index >= 15 is 0 Å². The Morgan fingerprint density at radius 2 is 2.06 bits per heavy atom. The minimum Gasteiger partial charge on any atom is -0.299 e. The van der Waals surface area contributed by atoms with Crippen molar-refractivity contribution < 1.29 is 9.59 Å². The van der Waals surface area contributed by atoms with Gasteiger partial charge in [0.15, 0.2) is 0 Å². The molecule has 0 aliphatic carbocycles. The molecule has 0 saturated heterocycles. The first-order valence-corrected chi connectivity index (χ1v) is 5.38. The largest absolute Gasteiger partial charge is 0.299 e. The number of amides is 1. The van der Waals surface area contributed by atoms with Crippen molar-refractivity contribution in [3.8, 4) is 0 Å². The summed E-state index contributed by atoms with van der Waals surface area (Å²) in [4.78, 5) is 24.6. The van der Waals surface area contributed by atoms with Gasteiger partial charge in [-0.05, 0) is 12.1 Å². The Morgan fingerprint density at radius 3 is 2.75 bits per heavy atom. The summed E-state index contributed by atoms with van der Waals surface area (Å²) in [6.45, 7) is 0.241. The zero-order valence-corrected chi connectivity index (χ0v) is 9.63. The maximum absolute atomic E-state index is 11.7. The molecule has 2 rings (SSSR count). The number of Topliss-reactive ketones (excluding diaryl/α,β-unsaturated/α-hetero) is 1. The summed E-state index contributed by atoms with van der Waals surface area (Å²) in [5.74, 6) is -1.10. The van der Waals surface area contributed by atoms with Crippen LogP contribution in [-0.2, 0) is 4.79 Å². The van der Waals surface area contributed by atoms with Crippen molar-refractivity contribution in [2.24, 2.45) is 0 Å². The second-order valence-electron chi connectivity index (χ2n) is 3.24. The van der Waals surface area contributed by atoms with Crippen LogP contribution < -0.4 is 4.90 Å². The number of nitrogens with zero attached hydrogens (tertiary/aromatic N) is 1. The van der Waals surface area contributed by atoms with Crippen LogP contribution in [0.25, 0.3) is 0 Å². The second-order valence-corrected chi connectivity index (χ2v) is 3.90. The lowest BCUT2D eigenvalue weighted by Gasteiger charge is -2.14. The number of carbonyl (C=O) groups excluding carboxylic acids is 2. The van der Waals surface area contributed by atoms with E-state index in [4.69, 9.17) is 23.2 Å². The molecule has 0 saturated carbocycles. The van der Waals surface area contributed by atoms with Crippen LogP contribution in [0.2, 0.25) is 5.02 Å². The topological polar surface area (TPSA) is 37.4 Å². The summed E-state index contributed by atoms with van der Waals surface area (Å²) in [6.07, 6.45) is 1.57. The van der Waals surface area contributed by atoms with Gasteiger partial charge in [0.1, 0.15) is 0 Å². The Morgan fingerprint density at radius 1 is 1.31 bits per heavy atom. The molecule has 1 aromatic rings. The fraction of sp³-hybridized carbons (Fsp3) is 0.0909. The van der Waals surface area contributed by atoms with Crippen LogP contribution in [0.5, 0.6) is 0 Å². The van der Waals surface area contributed by atoms with Gasteiger partial charge < -0.3 is 0 Å². The molecule has 0 spiro atoms. The lowest BCUT2D eigenvalue weighted by Crippen LogP contribution is -2.29. The van der Waals surface area contributed by atoms with Gasteiger partial charge in [0, 0.05) is 12.1 Å². The molecule has 0 unspecified atom stereocenters. The molecule has 0 radical (unpaired) electrons. The van der Waals surface area contributed by atoms with E-state index in [0.717, 1.165) is 0 Å². The third kappa shape index (κ3) is 1.62. The van der Waals surface area contributed by atoms with Gasteiger partial charge in [0.2, 0.25) is 0 Å². The van der Waals surface area contributed by atoms with Gasteiger partial charge in [-0.1, -0.05) is 35.3 Å². The number of halogens is 2. The number of hydrogen-bond acceptors (Lipinski definition) is 2. The van der Waals surface area contributed by atoms with Crippen LogP contribution in [0.1, 0.15) is 10.4 Å². The van der Waals surface area contributed by atoms with Crippen LogP contribution in [0.15, 0.2) is 29.8 Å².